The summed E-state index contributed by atoms with van der Waals surface area (Å²) in [7, 11) is -3.44. The van der Waals surface area contributed by atoms with Crippen molar-refractivity contribution < 1.29 is 8.42 Å². The molecule has 1 aliphatic carbocycles. The van der Waals surface area contributed by atoms with Gasteiger partial charge in [0.05, 0.1) is 4.90 Å². The summed E-state index contributed by atoms with van der Waals surface area (Å²) in [5, 5.41) is 7.21. The van der Waals surface area contributed by atoms with E-state index >= 15 is 0 Å². The molecule has 0 saturated heterocycles. The Hall–Kier alpha value is -1.15. The number of H-pyrrole nitrogens is 1. The number of hydrogen-bond acceptors (Lipinski definition) is 4. The molecule has 20 heavy (non-hydrogen) atoms. The normalized spacial score (nSPS) is 15.6. The van der Waals surface area contributed by atoms with Gasteiger partial charge < -0.3 is 10.3 Å². The summed E-state index contributed by atoms with van der Waals surface area (Å²) in [6.45, 7) is 1.01. The van der Waals surface area contributed by atoms with Gasteiger partial charge in [0.1, 0.15) is 0 Å². The fourth-order valence-corrected chi connectivity index (χ4v) is 3.58. The lowest BCUT2D eigenvalue weighted by Gasteiger charge is -2.03. The molecule has 0 unspecified atom stereocenters. The van der Waals surface area contributed by atoms with Crippen molar-refractivity contribution in [2.24, 2.45) is 0 Å². The quantitative estimate of drug-likeness (QED) is 0.730. The maximum Gasteiger partial charge on any atom is 0.242 e. The summed E-state index contributed by atoms with van der Waals surface area (Å²) in [5.41, 5.74) is 1.87. The number of aromatic nitrogens is 1. The van der Waals surface area contributed by atoms with Crippen LogP contribution >= 0.6 is 11.3 Å². The Morgan fingerprint density at radius 1 is 1.35 bits per heavy atom. The molecule has 5 nitrogen and oxygen atoms in total. The number of rotatable bonds is 7. The van der Waals surface area contributed by atoms with Crippen molar-refractivity contribution >= 4 is 21.4 Å². The van der Waals surface area contributed by atoms with Gasteiger partial charge in [-0.15, -0.1) is 0 Å². The highest BCUT2D eigenvalue weighted by Crippen LogP contribution is 2.19. The van der Waals surface area contributed by atoms with Crippen LogP contribution in [-0.2, 0) is 23.1 Å². The van der Waals surface area contributed by atoms with E-state index in [1.54, 1.807) is 23.6 Å². The highest BCUT2D eigenvalue weighted by atomic mass is 32.2. The van der Waals surface area contributed by atoms with Crippen molar-refractivity contribution in [2.45, 2.75) is 36.9 Å². The molecule has 0 radical (unpaired) electrons. The van der Waals surface area contributed by atoms with E-state index in [0.29, 0.717) is 24.0 Å². The summed E-state index contributed by atoms with van der Waals surface area (Å²) in [6, 6.07) is 4.20. The average molecular weight is 311 g/mol. The van der Waals surface area contributed by atoms with Crippen molar-refractivity contribution in [3.05, 3.63) is 40.3 Å². The van der Waals surface area contributed by atoms with Crippen molar-refractivity contribution in [2.75, 3.05) is 0 Å². The van der Waals surface area contributed by atoms with Crippen molar-refractivity contribution in [3.63, 3.8) is 0 Å². The monoisotopic (exact) mass is 311 g/mol. The van der Waals surface area contributed by atoms with E-state index in [9.17, 15) is 8.42 Å². The molecule has 0 spiro atoms. The number of nitrogens with one attached hydrogen (secondary N) is 3. The maximum atomic E-state index is 12.1. The highest BCUT2D eigenvalue weighted by Gasteiger charge is 2.21. The standard InChI is InChI=1S/C13H17N3O2S2/c17-20(18,16-6-10-3-4-19-9-10)13-5-12(15-8-13)7-14-11-1-2-11/h3-5,8-9,11,14-16H,1-2,6-7H2. The minimum atomic E-state index is -3.44. The average Bonchev–Trinajstić information content (AvgIpc) is 2.94. The summed E-state index contributed by atoms with van der Waals surface area (Å²) < 4.78 is 26.9. The zero-order valence-corrected chi connectivity index (χ0v) is 12.6. The minimum absolute atomic E-state index is 0.292. The number of hydrogen-bond donors (Lipinski definition) is 3. The Balaban J connectivity index is 1.61. The van der Waals surface area contributed by atoms with Crippen LogP contribution in [-0.4, -0.2) is 19.4 Å². The van der Waals surface area contributed by atoms with Gasteiger partial charge in [0.2, 0.25) is 10.0 Å². The Morgan fingerprint density at radius 3 is 2.90 bits per heavy atom. The van der Waals surface area contributed by atoms with E-state index < -0.39 is 10.0 Å². The molecule has 3 rings (SSSR count). The second-order valence-electron chi connectivity index (χ2n) is 4.97. The molecule has 1 aliphatic rings. The van der Waals surface area contributed by atoms with Gasteiger partial charge in [0.15, 0.2) is 0 Å². The largest absolute Gasteiger partial charge is 0.363 e. The molecule has 0 bridgehead atoms. The predicted molar refractivity (Wildman–Crippen MR) is 79.0 cm³/mol. The minimum Gasteiger partial charge on any atom is -0.363 e. The molecule has 2 aromatic heterocycles. The van der Waals surface area contributed by atoms with E-state index in [2.05, 4.69) is 15.0 Å². The molecule has 3 N–H and O–H groups in total. The van der Waals surface area contributed by atoms with Gasteiger partial charge in [-0.1, -0.05) is 0 Å². The molecule has 1 saturated carbocycles. The van der Waals surface area contributed by atoms with E-state index in [1.165, 1.54) is 12.8 Å². The highest BCUT2D eigenvalue weighted by molar-refractivity contribution is 7.89. The lowest BCUT2D eigenvalue weighted by atomic mass is 10.4. The Bertz CT molecular complexity index is 658. The van der Waals surface area contributed by atoms with E-state index in [-0.39, 0.29) is 0 Å². The van der Waals surface area contributed by atoms with Crippen LogP contribution in [0.15, 0.2) is 34.0 Å². The zero-order chi connectivity index (χ0) is 14.0. The second kappa shape index (κ2) is 5.69. The maximum absolute atomic E-state index is 12.1. The smallest absolute Gasteiger partial charge is 0.242 e. The zero-order valence-electron chi connectivity index (χ0n) is 10.9. The molecule has 0 aromatic carbocycles. The first-order valence-corrected chi connectivity index (χ1v) is 8.97. The molecule has 2 heterocycles. The molecule has 0 amide bonds. The summed E-state index contributed by atoms with van der Waals surface area (Å²) in [6.07, 6.45) is 3.97. The molecule has 2 aromatic rings. The van der Waals surface area contributed by atoms with Crippen molar-refractivity contribution in [1.29, 1.82) is 0 Å². The first kappa shape index (κ1) is 13.8. The third-order valence-electron chi connectivity index (χ3n) is 3.23. The van der Waals surface area contributed by atoms with E-state index in [1.807, 2.05) is 16.8 Å². The van der Waals surface area contributed by atoms with Crippen LogP contribution in [0.5, 0.6) is 0 Å². The lowest BCUT2D eigenvalue weighted by Crippen LogP contribution is -2.22. The van der Waals surface area contributed by atoms with Crippen LogP contribution in [0, 0.1) is 0 Å². The van der Waals surface area contributed by atoms with Crippen molar-refractivity contribution in [3.8, 4) is 0 Å². The molecular weight excluding hydrogens is 294 g/mol. The van der Waals surface area contributed by atoms with Crippen LogP contribution in [0.2, 0.25) is 0 Å². The van der Waals surface area contributed by atoms with Crippen LogP contribution in [0.3, 0.4) is 0 Å². The van der Waals surface area contributed by atoms with Gasteiger partial charge in [0.25, 0.3) is 0 Å². The van der Waals surface area contributed by atoms with E-state index in [0.717, 1.165) is 11.3 Å². The first-order chi connectivity index (χ1) is 9.63. The number of aromatic amines is 1. The van der Waals surface area contributed by atoms with Crippen molar-refractivity contribution in [1.82, 2.24) is 15.0 Å². The molecule has 7 heteroatoms. The Labute approximate surface area is 122 Å². The fraction of sp³-hybridized carbons (Fsp3) is 0.385. The van der Waals surface area contributed by atoms with E-state index in [4.69, 9.17) is 0 Å². The Morgan fingerprint density at radius 2 is 2.20 bits per heavy atom. The number of sulfonamides is 1. The van der Waals surface area contributed by atoms with Gasteiger partial charge in [0, 0.05) is 31.0 Å². The number of thiophene rings is 1. The van der Waals surface area contributed by atoms with Gasteiger partial charge in [-0.25, -0.2) is 13.1 Å². The lowest BCUT2D eigenvalue weighted by molar-refractivity contribution is 0.581. The van der Waals surface area contributed by atoms with Gasteiger partial charge >= 0.3 is 0 Å². The van der Waals surface area contributed by atoms with Gasteiger partial charge in [-0.05, 0) is 41.3 Å². The summed E-state index contributed by atoms with van der Waals surface area (Å²) >= 11 is 1.56. The third kappa shape index (κ3) is 3.49. The molecule has 0 atom stereocenters. The Kier molecular flexibility index (Phi) is 3.93. The third-order valence-corrected chi connectivity index (χ3v) is 5.34. The fourth-order valence-electron chi connectivity index (χ4n) is 1.87. The van der Waals surface area contributed by atoms with Crippen LogP contribution in [0.25, 0.3) is 0 Å². The summed E-state index contributed by atoms with van der Waals surface area (Å²) in [4.78, 5) is 3.30. The van der Waals surface area contributed by atoms with Crippen LogP contribution < -0.4 is 10.0 Å². The SMILES string of the molecule is O=S(=O)(NCc1ccsc1)c1c[nH]c(CNC2CC2)c1. The van der Waals surface area contributed by atoms with Gasteiger partial charge in [-0.3, -0.25) is 0 Å². The molecular formula is C13H17N3O2S2. The van der Waals surface area contributed by atoms with Gasteiger partial charge in [-0.2, -0.15) is 11.3 Å². The van der Waals surface area contributed by atoms with Crippen LogP contribution in [0.1, 0.15) is 24.1 Å². The topological polar surface area (TPSA) is 74.0 Å². The van der Waals surface area contributed by atoms with Crippen LogP contribution in [0.4, 0.5) is 0 Å². The predicted octanol–water partition coefficient (Wildman–Crippen LogP) is 1.81. The molecule has 0 aliphatic heterocycles. The first-order valence-electron chi connectivity index (χ1n) is 6.55. The summed E-state index contributed by atoms with van der Waals surface area (Å²) in [5.74, 6) is 0. The molecule has 1 fully saturated rings. The molecule has 108 valence electrons. The second-order valence-corrected chi connectivity index (χ2v) is 7.52.